The standard InChI is InChI=1S/C28H31FN4O7S/c1-5-30-28(35)20(3)31(17-21-8-6-7-9-25(21)29)27(34)18-32(22-11-13-23(40-4)14-12-22)41(38,39)24-15-10-19(2)26(16-24)33(36)37/h6-16,20H,5,17-18H2,1-4H3,(H,30,35)/t20-/m0/s1. The minimum Gasteiger partial charge on any atom is -0.497 e. The van der Waals surface area contributed by atoms with Crippen LogP contribution in [-0.2, 0) is 26.2 Å². The number of nitro groups is 1. The number of amides is 2. The van der Waals surface area contributed by atoms with Crippen LogP contribution in [0.1, 0.15) is 25.0 Å². The molecule has 0 bridgehead atoms. The lowest BCUT2D eigenvalue weighted by molar-refractivity contribution is -0.385. The number of nitrogens with zero attached hydrogens (tertiary/aromatic N) is 3. The fourth-order valence-electron chi connectivity index (χ4n) is 4.07. The number of nitrogens with one attached hydrogen (secondary N) is 1. The van der Waals surface area contributed by atoms with Crippen molar-refractivity contribution in [3.05, 3.63) is 93.8 Å². The average molecular weight is 587 g/mol. The molecule has 13 heteroatoms. The Bertz CT molecular complexity index is 1530. The number of rotatable bonds is 12. The third kappa shape index (κ3) is 7.17. The number of halogens is 1. The van der Waals surface area contributed by atoms with E-state index in [1.165, 1.54) is 75.6 Å². The normalized spacial score (nSPS) is 11.8. The molecule has 0 saturated heterocycles. The van der Waals surface area contributed by atoms with Gasteiger partial charge < -0.3 is 15.0 Å². The molecule has 0 saturated carbocycles. The van der Waals surface area contributed by atoms with Crippen LogP contribution in [0.4, 0.5) is 15.8 Å². The smallest absolute Gasteiger partial charge is 0.273 e. The number of likely N-dealkylation sites (N-methyl/N-ethyl adjacent to an activating group) is 1. The van der Waals surface area contributed by atoms with E-state index in [0.29, 0.717) is 5.75 Å². The van der Waals surface area contributed by atoms with Crippen LogP contribution in [0, 0.1) is 22.9 Å². The lowest BCUT2D eigenvalue weighted by Crippen LogP contribution is -2.51. The van der Waals surface area contributed by atoms with Crippen LogP contribution in [-0.4, -0.2) is 56.3 Å². The predicted molar refractivity (Wildman–Crippen MR) is 150 cm³/mol. The zero-order valence-corrected chi connectivity index (χ0v) is 23.9. The molecule has 0 aliphatic carbocycles. The Morgan fingerprint density at radius 2 is 1.76 bits per heavy atom. The van der Waals surface area contributed by atoms with Crippen molar-refractivity contribution in [2.24, 2.45) is 0 Å². The number of anilines is 1. The van der Waals surface area contributed by atoms with E-state index in [1.54, 1.807) is 13.0 Å². The van der Waals surface area contributed by atoms with Gasteiger partial charge in [0.15, 0.2) is 0 Å². The number of nitro benzene ring substituents is 1. The van der Waals surface area contributed by atoms with Crippen LogP contribution in [0.5, 0.6) is 5.75 Å². The zero-order chi connectivity index (χ0) is 30.3. The maximum absolute atomic E-state index is 14.6. The summed E-state index contributed by atoms with van der Waals surface area (Å²) >= 11 is 0. The van der Waals surface area contributed by atoms with Crippen molar-refractivity contribution < 1.29 is 32.1 Å². The van der Waals surface area contributed by atoms with E-state index in [9.17, 15) is 32.5 Å². The second-order valence-corrected chi connectivity index (χ2v) is 11.0. The molecule has 0 aliphatic rings. The maximum Gasteiger partial charge on any atom is 0.273 e. The van der Waals surface area contributed by atoms with Crippen LogP contribution in [0.15, 0.2) is 71.6 Å². The largest absolute Gasteiger partial charge is 0.497 e. The Labute approximate surface area is 237 Å². The van der Waals surface area contributed by atoms with Crippen molar-refractivity contribution in [1.82, 2.24) is 10.2 Å². The summed E-state index contributed by atoms with van der Waals surface area (Å²) in [5, 5.41) is 14.1. The first-order valence-electron chi connectivity index (χ1n) is 12.6. The quantitative estimate of drug-likeness (QED) is 0.252. The van der Waals surface area contributed by atoms with Crippen LogP contribution >= 0.6 is 0 Å². The third-order valence-electron chi connectivity index (χ3n) is 6.42. The molecule has 0 unspecified atom stereocenters. The van der Waals surface area contributed by atoms with Crippen molar-refractivity contribution in [2.75, 3.05) is 24.5 Å². The van der Waals surface area contributed by atoms with Crippen molar-refractivity contribution in [1.29, 1.82) is 0 Å². The van der Waals surface area contributed by atoms with E-state index in [1.807, 2.05) is 0 Å². The molecule has 2 amide bonds. The van der Waals surface area contributed by atoms with Gasteiger partial charge in [0.1, 0.15) is 24.2 Å². The fraction of sp³-hybridized carbons (Fsp3) is 0.286. The second kappa shape index (κ2) is 13.2. The van der Waals surface area contributed by atoms with Gasteiger partial charge in [0.2, 0.25) is 11.8 Å². The van der Waals surface area contributed by atoms with Crippen LogP contribution < -0.4 is 14.4 Å². The van der Waals surface area contributed by atoms with Gasteiger partial charge >= 0.3 is 0 Å². The molecular weight excluding hydrogens is 555 g/mol. The topological polar surface area (TPSA) is 139 Å². The van der Waals surface area contributed by atoms with Gasteiger partial charge in [-0.1, -0.05) is 24.3 Å². The molecule has 41 heavy (non-hydrogen) atoms. The lowest BCUT2D eigenvalue weighted by atomic mass is 10.1. The Morgan fingerprint density at radius 1 is 1.10 bits per heavy atom. The first-order valence-corrected chi connectivity index (χ1v) is 14.1. The summed E-state index contributed by atoms with van der Waals surface area (Å²) in [6.07, 6.45) is 0. The SMILES string of the molecule is CCNC(=O)[C@H](C)N(Cc1ccccc1F)C(=O)CN(c1ccc(OC)cc1)S(=O)(=O)c1ccc(C)c([N+](=O)[O-])c1. The number of carbonyl (C=O) groups is 2. The number of ether oxygens (including phenoxy) is 1. The molecule has 0 aliphatic heterocycles. The molecule has 218 valence electrons. The van der Waals surface area contributed by atoms with Crippen LogP contribution in [0.25, 0.3) is 0 Å². The van der Waals surface area contributed by atoms with Crippen molar-refractivity contribution in [3.63, 3.8) is 0 Å². The number of methoxy groups -OCH3 is 1. The molecule has 1 N–H and O–H groups in total. The third-order valence-corrected chi connectivity index (χ3v) is 8.19. The molecule has 3 aromatic carbocycles. The van der Waals surface area contributed by atoms with Gasteiger partial charge in [-0.05, 0) is 57.2 Å². The van der Waals surface area contributed by atoms with E-state index in [0.717, 1.165) is 15.3 Å². The van der Waals surface area contributed by atoms with Gasteiger partial charge in [-0.2, -0.15) is 0 Å². The Morgan fingerprint density at radius 3 is 2.34 bits per heavy atom. The van der Waals surface area contributed by atoms with Gasteiger partial charge in [-0.25, -0.2) is 12.8 Å². The lowest BCUT2D eigenvalue weighted by Gasteiger charge is -2.32. The first-order chi connectivity index (χ1) is 19.4. The molecule has 3 rings (SSSR count). The Balaban J connectivity index is 2.10. The van der Waals surface area contributed by atoms with Crippen molar-refractivity contribution >= 4 is 33.2 Å². The van der Waals surface area contributed by atoms with E-state index < -0.39 is 55.7 Å². The van der Waals surface area contributed by atoms with Gasteiger partial charge in [-0.15, -0.1) is 0 Å². The number of hydrogen-bond acceptors (Lipinski definition) is 7. The highest BCUT2D eigenvalue weighted by Gasteiger charge is 2.33. The van der Waals surface area contributed by atoms with Crippen molar-refractivity contribution in [2.45, 2.75) is 38.3 Å². The van der Waals surface area contributed by atoms with Gasteiger partial charge in [0, 0.05) is 30.3 Å². The Kier molecular flexibility index (Phi) is 10.0. The molecular formula is C28H31FN4O7S. The molecule has 0 aromatic heterocycles. The molecule has 0 radical (unpaired) electrons. The summed E-state index contributed by atoms with van der Waals surface area (Å²) in [5.74, 6) is -1.48. The van der Waals surface area contributed by atoms with E-state index in [2.05, 4.69) is 5.32 Å². The van der Waals surface area contributed by atoms with Crippen LogP contribution in [0.2, 0.25) is 0 Å². The summed E-state index contributed by atoms with van der Waals surface area (Å²) < 4.78 is 48.3. The highest BCUT2D eigenvalue weighted by atomic mass is 32.2. The molecule has 0 spiro atoms. The maximum atomic E-state index is 14.6. The second-order valence-electron chi connectivity index (χ2n) is 9.10. The highest BCUT2D eigenvalue weighted by molar-refractivity contribution is 7.92. The van der Waals surface area contributed by atoms with Crippen LogP contribution in [0.3, 0.4) is 0 Å². The Hall–Kier alpha value is -4.52. The molecule has 0 heterocycles. The van der Waals surface area contributed by atoms with Gasteiger partial charge in [0.05, 0.1) is 22.6 Å². The minimum absolute atomic E-state index is 0.0684. The van der Waals surface area contributed by atoms with Crippen molar-refractivity contribution in [3.8, 4) is 5.75 Å². The zero-order valence-electron chi connectivity index (χ0n) is 23.0. The van der Waals surface area contributed by atoms with E-state index in [4.69, 9.17) is 4.74 Å². The first kappa shape index (κ1) is 31.0. The predicted octanol–water partition coefficient (Wildman–Crippen LogP) is 3.80. The van der Waals surface area contributed by atoms with E-state index in [-0.39, 0.29) is 29.9 Å². The van der Waals surface area contributed by atoms with E-state index >= 15 is 0 Å². The minimum atomic E-state index is -4.55. The number of carbonyl (C=O) groups excluding carboxylic acids is 2. The summed E-state index contributed by atoms with van der Waals surface area (Å²) in [6.45, 7) is 3.82. The molecule has 11 nitrogen and oxygen atoms in total. The number of benzene rings is 3. The summed E-state index contributed by atoms with van der Waals surface area (Å²) in [4.78, 5) is 38.1. The average Bonchev–Trinajstić information content (AvgIpc) is 2.95. The number of sulfonamides is 1. The number of hydrogen-bond donors (Lipinski definition) is 1. The number of aryl methyl sites for hydroxylation is 1. The highest BCUT2D eigenvalue weighted by Crippen LogP contribution is 2.29. The van der Waals surface area contributed by atoms with Gasteiger partial charge in [0.25, 0.3) is 15.7 Å². The summed E-state index contributed by atoms with van der Waals surface area (Å²) in [5.41, 5.74) is 0.0508. The molecule has 0 fully saturated rings. The fourth-order valence-corrected chi connectivity index (χ4v) is 5.50. The monoisotopic (exact) mass is 586 g/mol. The molecule has 3 aromatic rings. The molecule has 1 atom stereocenters. The summed E-state index contributed by atoms with van der Waals surface area (Å²) in [6, 6.07) is 13.9. The summed E-state index contributed by atoms with van der Waals surface area (Å²) in [7, 11) is -3.11. The van der Waals surface area contributed by atoms with Gasteiger partial charge in [-0.3, -0.25) is 24.0 Å².